The molecule has 1 fully saturated rings. The molecule has 0 bridgehead atoms. The summed E-state index contributed by atoms with van der Waals surface area (Å²) in [5.74, 6) is -1.96. The molecule has 1 saturated carbocycles. The number of esters is 1. The lowest BCUT2D eigenvalue weighted by Gasteiger charge is -2.31. The number of cyclic esters (lactones) is 1. The third kappa shape index (κ3) is 3.38. The number of carbonyl (C=O) groups is 2. The van der Waals surface area contributed by atoms with Crippen LogP contribution in [0.4, 0.5) is 4.39 Å². The predicted molar refractivity (Wildman–Crippen MR) is 137 cm³/mol. The molecule has 4 heterocycles. The number of pyridine rings is 2. The van der Waals surface area contributed by atoms with E-state index in [0.717, 1.165) is 12.8 Å². The smallest absolute Gasteiger partial charge is 0.343 e. The van der Waals surface area contributed by atoms with Gasteiger partial charge < -0.3 is 24.8 Å². The number of fused-ring (bicyclic) bond motifs is 5. The van der Waals surface area contributed by atoms with E-state index >= 15 is 0 Å². The van der Waals surface area contributed by atoms with Crippen LogP contribution in [0.1, 0.15) is 66.5 Å². The summed E-state index contributed by atoms with van der Waals surface area (Å²) in [6.45, 7) is 1.50. The van der Waals surface area contributed by atoms with E-state index in [4.69, 9.17) is 21.3 Å². The number of hydrogen-bond acceptors (Lipinski definition) is 7. The summed E-state index contributed by atoms with van der Waals surface area (Å²) in [7, 11) is 0. The second-order valence-corrected chi connectivity index (χ2v) is 11.3. The number of amides is 1. The summed E-state index contributed by atoms with van der Waals surface area (Å²) >= 11 is 6.39. The lowest BCUT2D eigenvalue weighted by atomic mass is 9.83. The van der Waals surface area contributed by atoms with Crippen LogP contribution in [0.5, 0.6) is 0 Å². The van der Waals surface area contributed by atoms with Crippen LogP contribution in [0.25, 0.3) is 22.3 Å². The Balaban J connectivity index is 1.46. The van der Waals surface area contributed by atoms with Crippen LogP contribution >= 0.6 is 11.6 Å². The molecule has 3 aromatic rings. The van der Waals surface area contributed by atoms with Gasteiger partial charge in [0.15, 0.2) is 5.60 Å². The number of aliphatic hydroxyl groups is 2. The Morgan fingerprint density at radius 1 is 1.28 bits per heavy atom. The van der Waals surface area contributed by atoms with Gasteiger partial charge in [0.1, 0.15) is 18.5 Å². The fourth-order valence-corrected chi connectivity index (χ4v) is 6.63. The first kappa shape index (κ1) is 24.7. The van der Waals surface area contributed by atoms with Crippen molar-refractivity contribution in [2.75, 3.05) is 0 Å². The fraction of sp³-hybridized carbons (Fsp3) is 0.429. The number of aryl methyl sites for hydroxylation is 1. The Morgan fingerprint density at radius 3 is 2.77 bits per heavy atom. The summed E-state index contributed by atoms with van der Waals surface area (Å²) in [5.41, 5.74) is 1.06. The van der Waals surface area contributed by atoms with Crippen molar-refractivity contribution in [1.82, 2.24) is 14.9 Å². The Labute approximate surface area is 226 Å². The number of ether oxygens (including phenoxy) is 1. The van der Waals surface area contributed by atoms with Crippen molar-refractivity contribution in [2.24, 2.45) is 5.92 Å². The molecular weight excluding hydrogens is 529 g/mol. The Morgan fingerprint density at radius 2 is 2.05 bits per heavy atom. The number of nitrogens with zero attached hydrogens (tertiary/aromatic N) is 2. The van der Waals surface area contributed by atoms with Gasteiger partial charge in [-0.15, -0.1) is 0 Å². The monoisotopic (exact) mass is 553 g/mol. The molecule has 39 heavy (non-hydrogen) atoms. The van der Waals surface area contributed by atoms with E-state index in [9.17, 15) is 29.0 Å². The number of benzene rings is 1. The van der Waals surface area contributed by atoms with Gasteiger partial charge in [-0.1, -0.05) is 18.5 Å². The largest absolute Gasteiger partial charge is 0.458 e. The summed E-state index contributed by atoms with van der Waals surface area (Å²) in [5, 5.41) is 25.2. The lowest BCUT2D eigenvalue weighted by molar-refractivity contribution is -0.172. The highest BCUT2D eigenvalue weighted by molar-refractivity contribution is 6.32. The minimum absolute atomic E-state index is 0.0000971. The van der Waals surface area contributed by atoms with Crippen molar-refractivity contribution in [1.29, 1.82) is 0 Å². The second-order valence-electron chi connectivity index (χ2n) is 10.9. The zero-order chi connectivity index (χ0) is 27.4. The molecule has 2 aromatic heterocycles. The molecule has 0 radical (unpaired) electrons. The van der Waals surface area contributed by atoms with Crippen molar-refractivity contribution in [2.45, 2.75) is 69.9 Å². The molecule has 4 aliphatic rings. The summed E-state index contributed by atoms with van der Waals surface area (Å²) in [6, 6.07) is 2.32. The number of nitrogens with one attached hydrogen (secondary N) is 1. The molecule has 0 unspecified atom stereocenters. The number of hydrogen-bond donors (Lipinski definition) is 3. The van der Waals surface area contributed by atoms with Gasteiger partial charge in [0.2, 0.25) is 5.91 Å². The van der Waals surface area contributed by atoms with E-state index in [1.54, 1.807) is 13.0 Å². The van der Waals surface area contributed by atoms with Crippen LogP contribution in [0, 0.1) is 11.7 Å². The number of rotatable bonds is 4. The first-order chi connectivity index (χ1) is 18.6. The van der Waals surface area contributed by atoms with Gasteiger partial charge in [-0.2, -0.15) is 0 Å². The first-order valence-electron chi connectivity index (χ1n) is 13.1. The molecule has 3 N–H and O–H groups in total. The third-order valence-corrected chi connectivity index (χ3v) is 9.10. The molecular formula is C28H25ClFN3O6. The van der Waals surface area contributed by atoms with Crippen LogP contribution in [0.15, 0.2) is 16.9 Å². The molecule has 9 nitrogen and oxygen atoms in total. The van der Waals surface area contributed by atoms with Crippen molar-refractivity contribution >= 4 is 34.4 Å². The molecule has 2 aliphatic heterocycles. The second kappa shape index (κ2) is 8.33. The molecule has 1 amide bonds. The van der Waals surface area contributed by atoms with Crippen LogP contribution < -0.4 is 10.9 Å². The summed E-state index contributed by atoms with van der Waals surface area (Å²) in [6.07, 6.45) is 1.31. The highest BCUT2D eigenvalue weighted by Crippen LogP contribution is 2.47. The predicted octanol–water partition coefficient (Wildman–Crippen LogP) is 2.75. The van der Waals surface area contributed by atoms with Crippen LogP contribution in [-0.4, -0.2) is 37.7 Å². The van der Waals surface area contributed by atoms with Gasteiger partial charge in [0.05, 0.1) is 40.1 Å². The van der Waals surface area contributed by atoms with E-state index in [0.29, 0.717) is 51.8 Å². The van der Waals surface area contributed by atoms with E-state index in [2.05, 4.69) is 5.32 Å². The SMILES string of the molecule is CC[C@@]1(O)C(=O)OCc2c1cc1n(c2=O)Cc2c-1nc1cc(F)c(Cl)c3c1c2[C@@H](NC(=O)[C@@H](O)C1CC1)CC3. The molecule has 11 heteroatoms. The van der Waals surface area contributed by atoms with Crippen LogP contribution in [0.3, 0.4) is 0 Å². The van der Waals surface area contributed by atoms with Crippen molar-refractivity contribution < 1.29 is 28.9 Å². The third-order valence-electron chi connectivity index (χ3n) is 8.70. The van der Waals surface area contributed by atoms with E-state index in [1.165, 1.54) is 10.6 Å². The average molecular weight is 554 g/mol. The minimum Gasteiger partial charge on any atom is -0.458 e. The van der Waals surface area contributed by atoms with Gasteiger partial charge >= 0.3 is 5.97 Å². The van der Waals surface area contributed by atoms with Crippen molar-refractivity contribution in [3.8, 4) is 11.4 Å². The van der Waals surface area contributed by atoms with E-state index in [-0.39, 0.29) is 41.6 Å². The maximum Gasteiger partial charge on any atom is 0.343 e. The Bertz CT molecular complexity index is 1700. The van der Waals surface area contributed by atoms with Gasteiger partial charge in [-0.05, 0) is 55.2 Å². The maximum atomic E-state index is 14.9. The zero-order valence-corrected chi connectivity index (χ0v) is 21.8. The quantitative estimate of drug-likeness (QED) is 0.331. The summed E-state index contributed by atoms with van der Waals surface area (Å²) < 4.78 is 21.5. The molecule has 3 atom stereocenters. The van der Waals surface area contributed by atoms with Gasteiger partial charge in [0.25, 0.3) is 5.56 Å². The van der Waals surface area contributed by atoms with Gasteiger partial charge in [-0.3, -0.25) is 9.59 Å². The molecule has 2 aliphatic carbocycles. The maximum absolute atomic E-state index is 14.9. The minimum atomic E-state index is -1.97. The number of aliphatic hydroxyl groups excluding tert-OH is 1. The summed E-state index contributed by atoms with van der Waals surface area (Å²) in [4.78, 5) is 43.8. The first-order valence-corrected chi connectivity index (χ1v) is 13.5. The molecule has 202 valence electrons. The standard InChI is InChI=1S/C28H25ClFN3O6/c1-2-28(38)15-7-19-23-13(9-33(19)26(36)14(15)10-39-27(28)37)21-17(32-25(35)24(34)11-3-4-11)6-5-12-20(21)18(31-23)8-16(30)22(12)29/h7-8,11,17,24,34,38H,2-6,9-10H2,1H3,(H,32,35)/t17-,24-,28-/m0/s1. The normalized spacial score (nSPS) is 23.6. The average Bonchev–Trinajstić information content (AvgIpc) is 3.71. The Hall–Kier alpha value is -3.34. The van der Waals surface area contributed by atoms with E-state index in [1.807, 2.05) is 0 Å². The zero-order valence-electron chi connectivity index (χ0n) is 21.0. The van der Waals surface area contributed by atoms with Gasteiger partial charge in [0, 0.05) is 22.6 Å². The molecule has 0 spiro atoms. The van der Waals surface area contributed by atoms with Crippen molar-refractivity contribution in [3.05, 3.63) is 61.1 Å². The molecule has 0 saturated heterocycles. The molecule has 7 rings (SSSR count). The van der Waals surface area contributed by atoms with E-state index < -0.39 is 41.0 Å². The molecule has 1 aromatic carbocycles. The van der Waals surface area contributed by atoms with Gasteiger partial charge in [-0.25, -0.2) is 14.2 Å². The highest BCUT2D eigenvalue weighted by Gasteiger charge is 2.46. The van der Waals surface area contributed by atoms with Crippen LogP contribution in [-0.2, 0) is 39.5 Å². The van der Waals surface area contributed by atoms with Crippen molar-refractivity contribution in [3.63, 3.8) is 0 Å². The highest BCUT2D eigenvalue weighted by atomic mass is 35.5. The Kier molecular flexibility index (Phi) is 5.27. The fourth-order valence-electron chi connectivity index (χ4n) is 6.38. The topological polar surface area (TPSA) is 131 Å². The number of carbonyl (C=O) groups excluding carboxylic acids is 2. The number of aromatic nitrogens is 2. The lowest BCUT2D eigenvalue weighted by Crippen LogP contribution is -2.44. The van der Waals surface area contributed by atoms with Crippen LogP contribution in [0.2, 0.25) is 5.02 Å². The number of halogens is 2.